The molecular weight excluding hydrogens is 286 g/mol. The highest BCUT2D eigenvalue weighted by Gasteiger charge is 2.22. The molecule has 1 saturated heterocycles. The third kappa shape index (κ3) is 2.73. The summed E-state index contributed by atoms with van der Waals surface area (Å²) in [6.07, 6.45) is 0. The van der Waals surface area contributed by atoms with Crippen LogP contribution in [0, 0.1) is 5.92 Å². The van der Waals surface area contributed by atoms with E-state index in [1.165, 1.54) is 11.3 Å². The minimum Gasteiger partial charge on any atom is -0.496 e. The van der Waals surface area contributed by atoms with Crippen molar-refractivity contribution in [1.82, 2.24) is 5.32 Å². The summed E-state index contributed by atoms with van der Waals surface area (Å²) in [5, 5.41) is 3.90. The Hall–Kier alpha value is -0.190. The largest absolute Gasteiger partial charge is 0.496 e. The van der Waals surface area contributed by atoms with Gasteiger partial charge in [-0.05, 0) is 36.4 Å². The molecule has 1 aliphatic rings. The van der Waals surface area contributed by atoms with Crippen LogP contribution in [0.2, 0.25) is 0 Å². The zero-order chi connectivity index (χ0) is 11.5. The van der Waals surface area contributed by atoms with Crippen LogP contribution >= 0.6 is 27.7 Å². The van der Waals surface area contributed by atoms with Crippen molar-refractivity contribution in [2.45, 2.75) is 12.3 Å². The Bertz CT molecular complexity index is 364. The Labute approximate surface area is 109 Å². The summed E-state index contributed by atoms with van der Waals surface area (Å²) < 4.78 is 6.51. The van der Waals surface area contributed by atoms with Crippen LogP contribution in [-0.2, 0) is 0 Å². The van der Waals surface area contributed by atoms with Crippen molar-refractivity contribution in [3.63, 3.8) is 0 Å². The van der Waals surface area contributed by atoms with Crippen LogP contribution in [0.5, 0.6) is 5.75 Å². The van der Waals surface area contributed by atoms with Gasteiger partial charge in [-0.1, -0.05) is 22.9 Å². The average Bonchev–Trinajstić information content (AvgIpc) is 2.30. The summed E-state index contributed by atoms with van der Waals surface area (Å²) in [6, 6.07) is 6.16. The molecule has 2 unspecified atom stereocenters. The molecule has 1 heterocycles. The van der Waals surface area contributed by atoms with Crippen molar-refractivity contribution in [2.24, 2.45) is 5.92 Å². The van der Waals surface area contributed by atoms with E-state index in [-0.39, 0.29) is 0 Å². The second kappa shape index (κ2) is 5.43. The van der Waals surface area contributed by atoms with Gasteiger partial charge in [-0.2, -0.15) is 0 Å². The summed E-state index contributed by atoms with van der Waals surface area (Å²) >= 11 is 5.46. The number of hydrogen-bond donors (Lipinski definition) is 1. The molecule has 2 atom stereocenters. The highest BCUT2D eigenvalue weighted by Crippen LogP contribution is 2.37. The van der Waals surface area contributed by atoms with Gasteiger partial charge in [0.05, 0.1) is 12.5 Å². The predicted molar refractivity (Wildman–Crippen MR) is 73.1 cm³/mol. The van der Waals surface area contributed by atoms with Crippen LogP contribution in [-0.4, -0.2) is 19.4 Å². The second-order valence-electron chi connectivity index (χ2n) is 4.11. The molecule has 88 valence electrons. The molecule has 0 amide bonds. The molecular formula is C12H16BrNOS. The van der Waals surface area contributed by atoms with E-state index in [1.54, 1.807) is 7.11 Å². The van der Waals surface area contributed by atoms with Crippen molar-refractivity contribution in [3.8, 4) is 5.75 Å². The molecule has 1 aliphatic heterocycles. The van der Waals surface area contributed by atoms with Gasteiger partial charge in [-0.25, -0.2) is 0 Å². The number of rotatable bonds is 2. The third-order valence-corrected chi connectivity index (χ3v) is 4.68. The van der Waals surface area contributed by atoms with Crippen LogP contribution in [0.3, 0.4) is 0 Å². The molecule has 0 radical (unpaired) electrons. The van der Waals surface area contributed by atoms with Crippen molar-refractivity contribution in [1.29, 1.82) is 0 Å². The zero-order valence-corrected chi connectivity index (χ0v) is 11.9. The second-order valence-corrected chi connectivity index (χ2v) is 6.17. The molecule has 0 aliphatic carbocycles. The van der Waals surface area contributed by atoms with Crippen LogP contribution in [0.15, 0.2) is 22.7 Å². The van der Waals surface area contributed by atoms with Gasteiger partial charge in [0.2, 0.25) is 0 Å². The van der Waals surface area contributed by atoms with Crippen LogP contribution in [0.4, 0.5) is 0 Å². The maximum absolute atomic E-state index is 5.41. The van der Waals surface area contributed by atoms with Crippen molar-refractivity contribution in [2.75, 3.05) is 19.4 Å². The summed E-state index contributed by atoms with van der Waals surface area (Å²) in [4.78, 5) is 0. The number of thioether (sulfide) groups is 1. The average molecular weight is 302 g/mol. The minimum atomic E-state index is 0.351. The molecule has 1 fully saturated rings. The van der Waals surface area contributed by atoms with Gasteiger partial charge in [0.1, 0.15) is 5.75 Å². The van der Waals surface area contributed by atoms with Gasteiger partial charge < -0.3 is 10.1 Å². The standard InChI is InChI=1S/C12H16BrNOS/c1-8-6-14-12(16-7-8)10-5-9(13)3-4-11(10)15-2/h3-5,8,12,14H,6-7H2,1-2H3. The quantitative estimate of drug-likeness (QED) is 0.904. The van der Waals surface area contributed by atoms with E-state index >= 15 is 0 Å². The Morgan fingerprint density at radius 1 is 1.50 bits per heavy atom. The van der Waals surface area contributed by atoms with Gasteiger partial charge >= 0.3 is 0 Å². The molecule has 0 spiro atoms. The highest BCUT2D eigenvalue weighted by molar-refractivity contribution is 9.10. The first kappa shape index (κ1) is 12.3. The lowest BCUT2D eigenvalue weighted by Crippen LogP contribution is -2.31. The fourth-order valence-corrected chi connectivity index (χ4v) is 3.39. The first-order chi connectivity index (χ1) is 7.70. The Balaban J connectivity index is 2.21. The molecule has 0 aromatic heterocycles. The van der Waals surface area contributed by atoms with Gasteiger partial charge in [0.15, 0.2) is 0 Å². The number of hydrogen-bond acceptors (Lipinski definition) is 3. The minimum absolute atomic E-state index is 0.351. The molecule has 0 bridgehead atoms. The van der Waals surface area contributed by atoms with Crippen LogP contribution in [0.25, 0.3) is 0 Å². The van der Waals surface area contributed by atoms with E-state index in [0.717, 1.165) is 22.7 Å². The summed E-state index contributed by atoms with van der Waals surface area (Å²) in [5.41, 5.74) is 1.23. The first-order valence-corrected chi connectivity index (χ1v) is 7.23. The van der Waals surface area contributed by atoms with E-state index in [4.69, 9.17) is 4.74 Å². The fourth-order valence-electron chi connectivity index (χ4n) is 1.80. The van der Waals surface area contributed by atoms with Crippen molar-refractivity contribution in [3.05, 3.63) is 28.2 Å². The van der Waals surface area contributed by atoms with E-state index in [0.29, 0.717) is 5.37 Å². The monoisotopic (exact) mass is 301 g/mol. The molecule has 1 aromatic carbocycles. The van der Waals surface area contributed by atoms with Crippen molar-refractivity contribution >= 4 is 27.7 Å². The Morgan fingerprint density at radius 3 is 2.94 bits per heavy atom. The number of ether oxygens (including phenoxy) is 1. The zero-order valence-electron chi connectivity index (χ0n) is 9.50. The molecule has 0 saturated carbocycles. The number of benzene rings is 1. The molecule has 16 heavy (non-hydrogen) atoms. The smallest absolute Gasteiger partial charge is 0.124 e. The Kier molecular flexibility index (Phi) is 4.16. The normalized spacial score (nSPS) is 25.4. The molecule has 1 N–H and O–H groups in total. The summed E-state index contributed by atoms with van der Waals surface area (Å²) in [7, 11) is 1.73. The van der Waals surface area contributed by atoms with Crippen molar-refractivity contribution < 1.29 is 4.74 Å². The van der Waals surface area contributed by atoms with E-state index in [2.05, 4.69) is 34.2 Å². The van der Waals surface area contributed by atoms with E-state index in [9.17, 15) is 0 Å². The lowest BCUT2D eigenvalue weighted by Gasteiger charge is -2.28. The lowest BCUT2D eigenvalue weighted by atomic mass is 10.1. The number of methoxy groups -OCH3 is 1. The SMILES string of the molecule is COc1ccc(Br)cc1C1NCC(C)CS1. The highest BCUT2D eigenvalue weighted by atomic mass is 79.9. The van der Waals surface area contributed by atoms with Gasteiger partial charge in [-0.15, -0.1) is 11.8 Å². The molecule has 4 heteroatoms. The maximum atomic E-state index is 5.41. The van der Waals surface area contributed by atoms with E-state index < -0.39 is 0 Å². The van der Waals surface area contributed by atoms with E-state index in [1.807, 2.05) is 23.9 Å². The van der Waals surface area contributed by atoms with Gasteiger partial charge in [-0.3, -0.25) is 0 Å². The number of nitrogens with one attached hydrogen (secondary N) is 1. The predicted octanol–water partition coefficient (Wildman–Crippen LogP) is 3.43. The number of halogens is 1. The molecule has 2 rings (SSSR count). The summed E-state index contributed by atoms with van der Waals surface area (Å²) in [5.74, 6) is 2.91. The van der Waals surface area contributed by atoms with Gasteiger partial charge in [0, 0.05) is 10.0 Å². The lowest BCUT2D eigenvalue weighted by molar-refractivity contribution is 0.405. The summed E-state index contributed by atoms with van der Waals surface area (Å²) in [6.45, 7) is 3.35. The third-order valence-electron chi connectivity index (χ3n) is 2.67. The van der Waals surface area contributed by atoms with Crippen LogP contribution < -0.4 is 10.1 Å². The Morgan fingerprint density at radius 2 is 2.31 bits per heavy atom. The molecule has 1 aromatic rings. The molecule has 2 nitrogen and oxygen atoms in total. The van der Waals surface area contributed by atoms with Crippen LogP contribution in [0.1, 0.15) is 17.9 Å². The van der Waals surface area contributed by atoms with Gasteiger partial charge in [0.25, 0.3) is 0 Å². The topological polar surface area (TPSA) is 21.3 Å². The maximum Gasteiger partial charge on any atom is 0.124 e. The first-order valence-electron chi connectivity index (χ1n) is 5.39. The fraction of sp³-hybridized carbons (Fsp3) is 0.500.